The fraction of sp³-hybridized carbons (Fsp3) is 0.417. The Balaban J connectivity index is 1.64. The number of halogens is 1. The Morgan fingerprint density at radius 3 is 2.52 bits per heavy atom. The molecule has 6 nitrogen and oxygen atoms in total. The molecule has 2 aromatic carbocycles. The number of hydrogen-bond acceptors (Lipinski definition) is 5. The number of carbonyl (C=O) groups is 1. The summed E-state index contributed by atoms with van der Waals surface area (Å²) in [7, 11) is 0. The number of ether oxygens (including phenoxy) is 1. The number of benzene rings is 2. The third-order valence-electron chi connectivity index (χ3n) is 5.86. The highest BCUT2D eigenvalue weighted by molar-refractivity contribution is 6.40. The first-order chi connectivity index (χ1) is 15.1. The van der Waals surface area contributed by atoms with Gasteiger partial charge in [-0.05, 0) is 49.6 Å². The van der Waals surface area contributed by atoms with E-state index >= 15 is 0 Å². The zero-order valence-electron chi connectivity index (χ0n) is 18.1. The Labute approximate surface area is 188 Å². The summed E-state index contributed by atoms with van der Waals surface area (Å²) in [6.45, 7) is 6.39. The van der Waals surface area contributed by atoms with Crippen LogP contribution in [-0.2, 0) is 4.79 Å². The molecule has 2 aromatic rings. The van der Waals surface area contributed by atoms with E-state index in [9.17, 15) is 4.79 Å². The largest absolute Gasteiger partial charge is 0.494 e. The molecule has 0 spiro atoms. The summed E-state index contributed by atoms with van der Waals surface area (Å²) in [6, 6.07) is 15.5. The molecule has 2 aliphatic rings. The average Bonchev–Trinajstić information content (AvgIpc) is 3.12. The lowest BCUT2D eigenvalue weighted by Crippen LogP contribution is -2.48. The number of hydrogen-bond donors (Lipinski definition) is 1. The maximum atomic E-state index is 13.1. The molecule has 0 radical (unpaired) electrons. The Morgan fingerprint density at radius 2 is 1.84 bits per heavy atom. The quantitative estimate of drug-likeness (QED) is 0.700. The molecule has 7 heteroatoms. The zero-order chi connectivity index (χ0) is 21.8. The molecule has 31 heavy (non-hydrogen) atoms. The lowest BCUT2D eigenvalue weighted by Gasteiger charge is -2.28. The molecule has 2 atom stereocenters. The van der Waals surface area contributed by atoms with E-state index in [-0.39, 0.29) is 17.9 Å². The van der Waals surface area contributed by atoms with Crippen molar-refractivity contribution in [1.82, 2.24) is 10.4 Å². The molecule has 0 saturated carbocycles. The van der Waals surface area contributed by atoms with Crippen molar-refractivity contribution in [1.29, 1.82) is 0 Å². The van der Waals surface area contributed by atoms with Gasteiger partial charge >= 0.3 is 0 Å². The highest BCUT2D eigenvalue weighted by Gasteiger charge is 2.40. The monoisotopic (exact) mass is 440 g/mol. The number of amides is 1. The topological polar surface area (TPSA) is 57.2 Å². The molecular formula is C24H29ClN4O2. The molecule has 2 aliphatic heterocycles. The van der Waals surface area contributed by atoms with Gasteiger partial charge in [0.05, 0.1) is 23.4 Å². The van der Waals surface area contributed by atoms with Crippen molar-refractivity contribution in [2.24, 2.45) is 11.0 Å². The highest BCUT2D eigenvalue weighted by Crippen LogP contribution is 2.42. The van der Waals surface area contributed by atoms with Crippen LogP contribution in [-0.4, -0.2) is 36.3 Å². The van der Waals surface area contributed by atoms with Crippen molar-refractivity contribution in [2.75, 3.05) is 24.7 Å². The Bertz CT molecular complexity index is 941. The summed E-state index contributed by atoms with van der Waals surface area (Å²) in [5.74, 6) is 0.573. The van der Waals surface area contributed by atoms with E-state index < -0.39 is 0 Å². The lowest BCUT2D eigenvalue weighted by atomic mass is 9.91. The third kappa shape index (κ3) is 4.70. The number of para-hydroxylation sites is 1. The second-order valence-electron chi connectivity index (χ2n) is 8.01. The van der Waals surface area contributed by atoms with E-state index in [0.717, 1.165) is 42.9 Å². The first kappa shape index (κ1) is 21.7. The Kier molecular flexibility index (Phi) is 6.78. The molecule has 0 bridgehead atoms. The number of hydrazone groups is 1. The van der Waals surface area contributed by atoms with Gasteiger partial charge in [0.1, 0.15) is 11.5 Å². The number of rotatable bonds is 6. The molecule has 1 fully saturated rings. The van der Waals surface area contributed by atoms with Crippen LogP contribution in [0.15, 0.2) is 53.6 Å². The van der Waals surface area contributed by atoms with E-state index in [4.69, 9.17) is 21.4 Å². The average molecular weight is 441 g/mol. The number of nitrogens with one attached hydrogen (secondary N) is 1. The predicted molar refractivity (Wildman–Crippen MR) is 124 cm³/mol. The summed E-state index contributed by atoms with van der Waals surface area (Å²) >= 11 is 6.51. The van der Waals surface area contributed by atoms with Crippen molar-refractivity contribution in [3.8, 4) is 5.75 Å². The van der Waals surface area contributed by atoms with Gasteiger partial charge < -0.3 is 4.74 Å². The SMILES string of the molecule is CCOc1ccc([C@@H]2[C@H](C)C(C(=O)NN3CCCCC3)=NN2c2ccccc2Cl)cc1. The minimum atomic E-state index is -0.141. The fourth-order valence-electron chi connectivity index (χ4n) is 4.29. The minimum absolute atomic E-state index is 0.112. The van der Waals surface area contributed by atoms with Crippen LogP contribution in [0.4, 0.5) is 5.69 Å². The van der Waals surface area contributed by atoms with Crippen LogP contribution in [0.5, 0.6) is 5.75 Å². The van der Waals surface area contributed by atoms with Gasteiger partial charge in [-0.2, -0.15) is 5.10 Å². The van der Waals surface area contributed by atoms with Crippen molar-refractivity contribution in [2.45, 2.75) is 39.2 Å². The van der Waals surface area contributed by atoms with Crippen molar-refractivity contribution in [3.63, 3.8) is 0 Å². The summed E-state index contributed by atoms with van der Waals surface area (Å²) in [6.07, 6.45) is 3.41. The second kappa shape index (κ2) is 9.71. The Hall–Kier alpha value is -2.57. The standard InChI is InChI=1S/C24H29ClN4O2/c1-3-31-19-13-11-18(12-14-19)23-17(2)22(24(30)27-28-15-7-4-8-16-28)26-29(23)21-10-6-5-9-20(21)25/h5-6,9-14,17,23H,3-4,7-8,15-16H2,1-2H3,(H,27,30)/t17-,23+/m1/s1. The molecule has 2 heterocycles. The number of carbonyl (C=O) groups excluding carboxylic acids is 1. The number of hydrazine groups is 1. The number of nitrogens with zero attached hydrogens (tertiary/aromatic N) is 3. The molecule has 1 amide bonds. The summed E-state index contributed by atoms with van der Waals surface area (Å²) in [5.41, 5.74) is 5.42. The van der Waals surface area contributed by atoms with Crippen molar-refractivity contribution in [3.05, 3.63) is 59.1 Å². The first-order valence-corrected chi connectivity index (χ1v) is 11.4. The Morgan fingerprint density at radius 1 is 1.13 bits per heavy atom. The molecule has 4 rings (SSSR count). The van der Waals surface area contributed by atoms with Gasteiger partial charge in [0.2, 0.25) is 0 Å². The van der Waals surface area contributed by atoms with E-state index in [1.54, 1.807) is 0 Å². The van der Waals surface area contributed by atoms with Gasteiger partial charge in [-0.15, -0.1) is 0 Å². The van der Waals surface area contributed by atoms with E-state index in [0.29, 0.717) is 17.3 Å². The predicted octanol–water partition coefficient (Wildman–Crippen LogP) is 4.81. The third-order valence-corrected chi connectivity index (χ3v) is 6.18. The van der Waals surface area contributed by atoms with E-state index in [2.05, 4.69) is 5.43 Å². The van der Waals surface area contributed by atoms with Crippen LogP contribution < -0.4 is 15.2 Å². The normalized spacial score (nSPS) is 21.6. The van der Waals surface area contributed by atoms with Crippen LogP contribution in [0.2, 0.25) is 5.02 Å². The van der Waals surface area contributed by atoms with Gasteiger partial charge in [-0.3, -0.25) is 15.2 Å². The van der Waals surface area contributed by atoms with Crippen molar-refractivity contribution < 1.29 is 9.53 Å². The second-order valence-corrected chi connectivity index (χ2v) is 8.41. The molecule has 1 N–H and O–H groups in total. The van der Waals surface area contributed by atoms with Crippen LogP contribution >= 0.6 is 11.6 Å². The van der Waals surface area contributed by atoms with Crippen LogP contribution in [0, 0.1) is 5.92 Å². The van der Waals surface area contributed by atoms with Crippen LogP contribution in [0.1, 0.15) is 44.7 Å². The van der Waals surface area contributed by atoms with Crippen LogP contribution in [0.3, 0.4) is 0 Å². The maximum Gasteiger partial charge on any atom is 0.282 e. The first-order valence-electron chi connectivity index (χ1n) is 11.0. The minimum Gasteiger partial charge on any atom is -0.494 e. The number of anilines is 1. The van der Waals surface area contributed by atoms with Gasteiger partial charge in [-0.1, -0.05) is 49.2 Å². The lowest BCUT2D eigenvalue weighted by molar-refractivity contribution is -0.120. The molecule has 0 aromatic heterocycles. The van der Waals surface area contributed by atoms with Gasteiger partial charge in [0, 0.05) is 19.0 Å². The molecule has 0 aliphatic carbocycles. The maximum absolute atomic E-state index is 13.1. The van der Waals surface area contributed by atoms with Gasteiger partial charge in [-0.25, -0.2) is 5.01 Å². The highest BCUT2D eigenvalue weighted by atomic mass is 35.5. The fourth-order valence-corrected chi connectivity index (χ4v) is 4.51. The van der Waals surface area contributed by atoms with Crippen molar-refractivity contribution >= 4 is 28.9 Å². The molecule has 0 unspecified atom stereocenters. The summed E-state index contributed by atoms with van der Waals surface area (Å²) in [5, 5.41) is 9.27. The zero-order valence-corrected chi connectivity index (χ0v) is 18.8. The summed E-state index contributed by atoms with van der Waals surface area (Å²) < 4.78 is 5.59. The van der Waals surface area contributed by atoms with Gasteiger partial charge in [0.15, 0.2) is 0 Å². The molecular weight excluding hydrogens is 412 g/mol. The summed E-state index contributed by atoms with van der Waals surface area (Å²) in [4.78, 5) is 13.1. The van der Waals surface area contributed by atoms with E-state index in [1.807, 2.05) is 72.4 Å². The van der Waals surface area contributed by atoms with Gasteiger partial charge in [0.25, 0.3) is 5.91 Å². The smallest absolute Gasteiger partial charge is 0.282 e. The van der Waals surface area contributed by atoms with Crippen LogP contribution in [0.25, 0.3) is 0 Å². The van der Waals surface area contributed by atoms with E-state index in [1.165, 1.54) is 6.42 Å². The molecule has 1 saturated heterocycles. The number of piperidine rings is 1. The molecule has 164 valence electrons.